The molecule has 1 saturated heterocycles. The Balaban J connectivity index is 1.99. The van der Waals surface area contributed by atoms with E-state index in [2.05, 4.69) is 10.1 Å². The maximum absolute atomic E-state index is 13.6. The number of phenols is 1. The van der Waals surface area contributed by atoms with Crippen molar-refractivity contribution in [1.29, 1.82) is 0 Å². The molecule has 0 aliphatic carbocycles. The van der Waals surface area contributed by atoms with E-state index in [9.17, 15) is 22.7 Å². The summed E-state index contributed by atoms with van der Waals surface area (Å²) in [5.41, 5.74) is 1.01. The summed E-state index contributed by atoms with van der Waals surface area (Å²) in [6, 6.07) is 7.50. The minimum Gasteiger partial charge on any atom is -0.506 e. The van der Waals surface area contributed by atoms with E-state index in [1.807, 2.05) is 4.90 Å². The molecule has 4 nitrogen and oxygen atoms in total. The standard InChI is InChI=1S/C18H17ClF4N2O2/c19-15-14(20)6-5-13(17(15)26)16(25-9-7-24-8-10-25)11-1-3-12(4-2-11)27-18(21,22)23/h1-6,16,24,26H,7-10H2/t16-/m0/s1. The lowest BCUT2D eigenvalue weighted by Crippen LogP contribution is -2.45. The second-order valence-corrected chi connectivity index (χ2v) is 6.48. The lowest BCUT2D eigenvalue weighted by molar-refractivity contribution is -0.274. The van der Waals surface area contributed by atoms with E-state index in [4.69, 9.17) is 11.6 Å². The minimum absolute atomic E-state index is 0.341. The monoisotopic (exact) mass is 404 g/mol. The van der Waals surface area contributed by atoms with Gasteiger partial charge >= 0.3 is 6.36 Å². The molecule has 0 radical (unpaired) electrons. The van der Waals surface area contributed by atoms with Gasteiger partial charge in [0.15, 0.2) is 0 Å². The number of hydrogen-bond acceptors (Lipinski definition) is 4. The van der Waals surface area contributed by atoms with Gasteiger partial charge in [0.2, 0.25) is 0 Å². The Hall–Kier alpha value is -2.03. The molecule has 2 N–H and O–H groups in total. The number of piperazine rings is 1. The van der Waals surface area contributed by atoms with Gasteiger partial charge in [0.1, 0.15) is 22.3 Å². The number of nitrogens with one attached hydrogen (secondary N) is 1. The molecule has 1 aliphatic heterocycles. The van der Waals surface area contributed by atoms with Crippen molar-refractivity contribution in [3.8, 4) is 11.5 Å². The number of ether oxygens (including phenoxy) is 1. The topological polar surface area (TPSA) is 44.7 Å². The summed E-state index contributed by atoms with van der Waals surface area (Å²) in [5, 5.41) is 13.2. The van der Waals surface area contributed by atoms with Crippen LogP contribution in [0.15, 0.2) is 36.4 Å². The van der Waals surface area contributed by atoms with Gasteiger partial charge in [-0.1, -0.05) is 29.8 Å². The van der Waals surface area contributed by atoms with Crippen LogP contribution in [0, 0.1) is 5.82 Å². The van der Waals surface area contributed by atoms with Gasteiger partial charge in [0.25, 0.3) is 0 Å². The normalized spacial score (nSPS) is 16.9. The van der Waals surface area contributed by atoms with E-state index < -0.39 is 18.2 Å². The summed E-state index contributed by atoms with van der Waals surface area (Å²) in [5.74, 6) is -1.46. The third kappa shape index (κ3) is 4.63. The van der Waals surface area contributed by atoms with Crippen LogP contribution < -0.4 is 10.1 Å². The highest BCUT2D eigenvalue weighted by atomic mass is 35.5. The Morgan fingerprint density at radius 2 is 1.70 bits per heavy atom. The van der Waals surface area contributed by atoms with E-state index >= 15 is 0 Å². The second kappa shape index (κ2) is 7.92. The van der Waals surface area contributed by atoms with Crippen molar-refractivity contribution in [2.45, 2.75) is 12.4 Å². The highest BCUT2D eigenvalue weighted by molar-refractivity contribution is 6.32. The van der Waals surface area contributed by atoms with Gasteiger partial charge < -0.3 is 15.2 Å². The number of halogens is 5. The summed E-state index contributed by atoms with van der Waals surface area (Å²) in [4.78, 5) is 2.04. The summed E-state index contributed by atoms with van der Waals surface area (Å²) < 4.78 is 54.7. The molecule has 2 aromatic carbocycles. The molecule has 27 heavy (non-hydrogen) atoms. The molecule has 0 saturated carbocycles. The van der Waals surface area contributed by atoms with Gasteiger partial charge in [-0.3, -0.25) is 4.90 Å². The van der Waals surface area contributed by atoms with Crippen LogP contribution in [0.1, 0.15) is 17.2 Å². The van der Waals surface area contributed by atoms with E-state index in [0.717, 1.165) is 6.07 Å². The maximum atomic E-state index is 13.6. The van der Waals surface area contributed by atoms with Gasteiger partial charge in [-0.25, -0.2) is 4.39 Å². The molecule has 0 spiro atoms. The number of phenolic OH excluding ortho intramolecular Hbond substituents is 1. The van der Waals surface area contributed by atoms with Gasteiger partial charge in [-0.05, 0) is 23.8 Å². The summed E-state index contributed by atoms with van der Waals surface area (Å²) in [6.07, 6.45) is -4.78. The summed E-state index contributed by atoms with van der Waals surface area (Å²) >= 11 is 5.85. The fraction of sp³-hybridized carbons (Fsp3) is 0.333. The summed E-state index contributed by atoms with van der Waals surface area (Å²) in [6.45, 7) is 2.70. The van der Waals surface area contributed by atoms with Crippen molar-refractivity contribution >= 4 is 11.6 Å². The van der Waals surface area contributed by atoms with Crippen molar-refractivity contribution in [3.05, 3.63) is 58.4 Å². The van der Waals surface area contributed by atoms with Crippen LogP contribution in [0.4, 0.5) is 17.6 Å². The molecule has 9 heteroatoms. The van der Waals surface area contributed by atoms with Crippen LogP contribution in [0.3, 0.4) is 0 Å². The fourth-order valence-corrected chi connectivity index (χ4v) is 3.33. The number of benzene rings is 2. The van der Waals surface area contributed by atoms with Gasteiger partial charge in [0.05, 0.1) is 6.04 Å². The number of nitrogens with zero attached hydrogens (tertiary/aromatic N) is 1. The molecule has 1 fully saturated rings. The zero-order chi connectivity index (χ0) is 19.6. The van der Waals surface area contributed by atoms with E-state index in [0.29, 0.717) is 37.3 Å². The van der Waals surface area contributed by atoms with Gasteiger partial charge in [-0.15, -0.1) is 13.2 Å². The Labute approximate surface area is 158 Å². The zero-order valence-electron chi connectivity index (χ0n) is 14.1. The molecule has 1 heterocycles. The zero-order valence-corrected chi connectivity index (χ0v) is 14.8. The number of alkyl halides is 3. The molecule has 0 bridgehead atoms. The molecule has 0 amide bonds. The number of hydrogen-bond donors (Lipinski definition) is 2. The third-order valence-electron chi connectivity index (χ3n) is 4.34. The SMILES string of the molecule is Oc1c([C@H](c2ccc(OC(F)(F)F)cc2)N2CCNCC2)ccc(F)c1Cl. The van der Waals surface area contributed by atoms with E-state index in [-0.39, 0.29) is 16.5 Å². The summed E-state index contributed by atoms with van der Waals surface area (Å²) in [7, 11) is 0. The molecule has 3 rings (SSSR count). The molecule has 1 atom stereocenters. The molecular weight excluding hydrogens is 388 g/mol. The lowest BCUT2D eigenvalue weighted by Gasteiger charge is -2.36. The average molecular weight is 405 g/mol. The molecule has 0 unspecified atom stereocenters. The molecular formula is C18H17ClF4N2O2. The highest BCUT2D eigenvalue weighted by Crippen LogP contribution is 2.40. The lowest BCUT2D eigenvalue weighted by atomic mass is 9.95. The molecule has 2 aromatic rings. The van der Waals surface area contributed by atoms with Crippen LogP contribution in [0.2, 0.25) is 5.02 Å². The van der Waals surface area contributed by atoms with Gasteiger partial charge in [-0.2, -0.15) is 0 Å². The van der Waals surface area contributed by atoms with E-state index in [1.165, 1.54) is 30.3 Å². The van der Waals surface area contributed by atoms with Crippen molar-refractivity contribution in [2.75, 3.05) is 26.2 Å². The average Bonchev–Trinajstić information content (AvgIpc) is 2.63. The molecule has 1 aliphatic rings. The number of rotatable bonds is 4. The Bertz CT molecular complexity index is 793. The Kier molecular flexibility index (Phi) is 5.78. The van der Waals surface area contributed by atoms with Crippen molar-refractivity contribution in [3.63, 3.8) is 0 Å². The fourth-order valence-electron chi connectivity index (χ4n) is 3.15. The third-order valence-corrected chi connectivity index (χ3v) is 4.70. The first-order chi connectivity index (χ1) is 12.8. The van der Waals surface area contributed by atoms with Crippen molar-refractivity contribution in [1.82, 2.24) is 10.2 Å². The molecule has 0 aromatic heterocycles. The van der Waals surface area contributed by atoms with E-state index in [1.54, 1.807) is 0 Å². The molecule has 146 valence electrons. The predicted octanol–water partition coefficient (Wildman–Crippen LogP) is 4.08. The largest absolute Gasteiger partial charge is 0.573 e. The first kappa shape index (κ1) is 19.7. The Morgan fingerprint density at radius 3 is 2.30 bits per heavy atom. The van der Waals surface area contributed by atoms with Crippen LogP contribution >= 0.6 is 11.6 Å². The first-order valence-corrected chi connectivity index (χ1v) is 8.61. The predicted molar refractivity (Wildman–Crippen MR) is 92.5 cm³/mol. The van der Waals surface area contributed by atoms with Crippen molar-refractivity contribution in [2.24, 2.45) is 0 Å². The smallest absolute Gasteiger partial charge is 0.506 e. The van der Waals surface area contributed by atoms with Crippen LogP contribution in [-0.4, -0.2) is 42.5 Å². The van der Waals surface area contributed by atoms with Crippen LogP contribution in [0.25, 0.3) is 0 Å². The number of aromatic hydroxyl groups is 1. The quantitative estimate of drug-likeness (QED) is 0.754. The maximum Gasteiger partial charge on any atom is 0.573 e. The minimum atomic E-state index is -4.78. The van der Waals surface area contributed by atoms with Crippen LogP contribution in [-0.2, 0) is 0 Å². The highest BCUT2D eigenvalue weighted by Gasteiger charge is 2.32. The second-order valence-electron chi connectivity index (χ2n) is 6.10. The Morgan fingerprint density at radius 1 is 1.07 bits per heavy atom. The van der Waals surface area contributed by atoms with Crippen LogP contribution in [0.5, 0.6) is 11.5 Å². The first-order valence-electron chi connectivity index (χ1n) is 8.23. The van der Waals surface area contributed by atoms with Crippen molar-refractivity contribution < 1.29 is 27.4 Å². The van der Waals surface area contributed by atoms with Gasteiger partial charge in [0, 0.05) is 31.7 Å².